The van der Waals surface area contributed by atoms with Crippen LogP contribution in [0.5, 0.6) is 0 Å². The number of carbonyl (C=O) groups is 2. The van der Waals surface area contributed by atoms with E-state index in [1.165, 1.54) is 0 Å². The van der Waals surface area contributed by atoms with Crippen molar-refractivity contribution in [3.63, 3.8) is 0 Å². The molecule has 3 rings (SSSR count). The summed E-state index contributed by atoms with van der Waals surface area (Å²) in [4.78, 5) is 27.3. The minimum Gasteiger partial charge on any atom is -0.378 e. The molecule has 2 amide bonds. The molecule has 2 aromatic carbocycles. The van der Waals surface area contributed by atoms with Crippen LogP contribution in [-0.2, 0) is 16.0 Å². The Morgan fingerprint density at radius 1 is 1.04 bits per heavy atom. The third kappa shape index (κ3) is 4.84. The van der Waals surface area contributed by atoms with Gasteiger partial charge in [-0.05, 0) is 29.8 Å². The SMILES string of the molecule is O=C(NC(Cc1ccccc1)C(=O)N1CCOCC1)c1ccc(Cl)cc1. The molecule has 1 N–H and O–H groups in total. The first-order valence-electron chi connectivity index (χ1n) is 8.60. The number of ether oxygens (including phenoxy) is 1. The monoisotopic (exact) mass is 372 g/mol. The summed E-state index contributed by atoms with van der Waals surface area (Å²) in [6.45, 7) is 2.13. The second kappa shape index (κ2) is 8.83. The average Bonchev–Trinajstić information content (AvgIpc) is 2.69. The number of morpholine rings is 1. The van der Waals surface area contributed by atoms with Gasteiger partial charge in [0.2, 0.25) is 5.91 Å². The molecule has 1 unspecified atom stereocenters. The van der Waals surface area contributed by atoms with Gasteiger partial charge in [-0.15, -0.1) is 0 Å². The Hall–Kier alpha value is -2.37. The molecule has 0 saturated carbocycles. The van der Waals surface area contributed by atoms with E-state index in [0.29, 0.717) is 43.3 Å². The Bertz CT molecular complexity index is 743. The molecule has 1 aliphatic heterocycles. The number of rotatable bonds is 5. The minimum atomic E-state index is -0.626. The largest absolute Gasteiger partial charge is 0.378 e. The van der Waals surface area contributed by atoms with Crippen molar-refractivity contribution < 1.29 is 14.3 Å². The highest BCUT2D eigenvalue weighted by Crippen LogP contribution is 2.12. The summed E-state index contributed by atoms with van der Waals surface area (Å²) in [5.74, 6) is -0.372. The van der Waals surface area contributed by atoms with Gasteiger partial charge >= 0.3 is 0 Å². The summed E-state index contributed by atoms with van der Waals surface area (Å²) in [5, 5.41) is 3.45. The van der Waals surface area contributed by atoms with Gasteiger partial charge in [0.1, 0.15) is 6.04 Å². The summed E-state index contributed by atoms with van der Waals surface area (Å²) >= 11 is 5.88. The maximum absolute atomic E-state index is 13.0. The first kappa shape index (κ1) is 18.4. The predicted octanol–water partition coefficient (Wildman–Crippen LogP) is 2.54. The molecule has 0 spiro atoms. The summed E-state index contributed by atoms with van der Waals surface area (Å²) in [5.41, 5.74) is 1.47. The van der Waals surface area contributed by atoms with Crippen molar-refractivity contribution in [2.24, 2.45) is 0 Å². The van der Waals surface area contributed by atoms with Crippen LogP contribution in [0.15, 0.2) is 54.6 Å². The average molecular weight is 373 g/mol. The van der Waals surface area contributed by atoms with Gasteiger partial charge in [-0.25, -0.2) is 0 Å². The van der Waals surface area contributed by atoms with Gasteiger partial charge in [0, 0.05) is 30.1 Å². The molecule has 1 atom stereocenters. The van der Waals surface area contributed by atoms with E-state index in [4.69, 9.17) is 16.3 Å². The number of hydrogen-bond acceptors (Lipinski definition) is 3. The van der Waals surface area contributed by atoms with Crippen LogP contribution in [0.3, 0.4) is 0 Å². The third-order valence-electron chi connectivity index (χ3n) is 4.32. The zero-order valence-corrected chi connectivity index (χ0v) is 15.1. The number of nitrogens with one attached hydrogen (secondary N) is 1. The molecule has 0 radical (unpaired) electrons. The van der Waals surface area contributed by atoms with Crippen molar-refractivity contribution >= 4 is 23.4 Å². The molecule has 26 heavy (non-hydrogen) atoms. The van der Waals surface area contributed by atoms with Crippen molar-refractivity contribution in [1.29, 1.82) is 0 Å². The Labute approximate surface area is 157 Å². The molecule has 1 saturated heterocycles. The van der Waals surface area contributed by atoms with E-state index in [2.05, 4.69) is 5.32 Å². The Morgan fingerprint density at radius 3 is 2.35 bits per heavy atom. The number of amides is 2. The van der Waals surface area contributed by atoms with E-state index in [9.17, 15) is 9.59 Å². The van der Waals surface area contributed by atoms with Gasteiger partial charge in [-0.3, -0.25) is 9.59 Å². The Kier molecular flexibility index (Phi) is 6.26. The first-order chi connectivity index (χ1) is 12.6. The molecule has 5 nitrogen and oxygen atoms in total. The lowest BCUT2D eigenvalue weighted by Gasteiger charge is -2.31. The summed E-state index contributed by atoms with van der Waals surface area (Å²) < 4.78 is 5.32. The van der Waals surface area contributed by atoms with Crippen LogP contribution >= 0.6 is 11.6 Å². The summed E-state index contributed by atoms with van der Waals surface area (Å²) in [7, 11) is 0. The maximum atomic E-state index is 13.0. The minimum absolute atomic E-state index is 0.0838. The number of halogens is 1. The van der Waals surface area contributed by atoms with Crippen LogP contribution in [0, 0.1) is 0 Å². The normalized spacial score (nSPS) is 15.3. The molecule has 1 aliphatic rings. The van der Waals surface area contributed by atoms with Gasteiger partial charge in [0.25, 0.3) is 5.91 Å². The van der Waals surface area contributed by atoms with E-state index in [-0.39, 0.29) is 11.8 Å². The van der Waals surface area contributed by atoms with Gasteiger partial charge in [0.05, 0.1) is 13.2 Å². The van der Waals surface area contributed by atoms with Crippen LogP contribution in [0.1, 0.15) is 15.9 Å². The number of benzene rings is 2. The topological polar surface area (TPSA) is 58.6 Å². The van der Waals surface area contributed by atoms with Crippen molar-refractivity contribution in [2.75, 3.05) is 26.3 Å². The fourth-order valence-corrected chi connectivity index (χ4v) is 3.02. The highest BCUT2D eigenvalue weighted by Gasteiger charge is 2.27. The van der Waals surface area contributed by atoms with Crippen molar-refractivity contribution in [1.82, 2.24) is 10.2 Å². The lowest BCUT2D eigenvalue weighted by atomic mass is 10.0. The van der Waals surface area contributed by atoms with E-state index in [0.717, 1.165) is 5.56 Å². The van der Waals surface area contributed by atoms with E-state index in [1.807, 2.05) is 30.3 Å². The molecule has 136 valence electrons. The Morgan fingerprint density at radius 2 is 1.69 bits per heavy atom. The second-order valence-electron chi connectivity index (χ2n) is 6.16. The summed E-state index contributed by atoms with van der Waals surface area (Å²) in [6.07, 6.45) is 0.441. The van der Waals surface area contributed by atoms with Crippen LogP contribution in [-0.4, -0.2) is 49.1 Å². The lowest BCUT2D eigenvalue weighted by Crippen LogP contribution is -2.52. The van der Waals surface area contributed by atoms with Crippen LogP contribution < -0.4 is 5.32 Å². The van der Waals surface area contributed by atoms with E-state index >= 15 is 0 Å². The third-order valence-corrected chi connectivity index (χ3v) is 4.57. The fraction of sp³-hybridized carbons (Fsp3) is 0.300. The predicted molar refractivity (Wildman–Crippen MR) is 100 cm³/mol. The van der Waals surface area contributed by atoms with Gasteiger partial charge in [-0.1, -0.05) is 41.9 Å². The standard InChI is InChI=1S/C20H21ClN2O3/c21-17-8-6-16(7-9-17)19(24)22-18(14-15-4-2-1-3-5-15)20(25)23-10-12-26-13-11-23/h1-9,18H,10-14H2,(H,22,24). The second-order valence-corrected chi connectivity index (χ2v) is 6.60. The summed E-state index contributed by atoms with van der Waals surface area (Å²) in [6, 6.07) is 15.7. The van der Waals surface area contributed by atoms with Crippen molar-refractivity contribution in [3.05, 3.63) is 70.7 Å². The van der Waals surface area contributed by atoms with Crippen molar-refractivity contribution in [3.8, 4) is 0 Å². The van der Waals surface area contributed by atoms with E-state index < -0.39 is 6.04 Å². The number of carbonyl (C=O) groups excluding carboxylic acids is 2. The smallest absolute Gasteiger partial charge is 0.251 e. The van der Waals surface area contributed by atoms with Gasteiger partial charge in [-0.2, -0.15) is 0 Å². The Balaban J connectivity index is 1.76. The highest BCUT2D eigenvalue weighted by molar-refractivity contribution is 6.30. The fourth-order valence-electron chi connectivity index (χ4n) is 2.90. The first-order valence-corrected chi connectivity index (χ1v) is 8.98. The molecular formula is C20H21ClN2O3. The number of nitrogens with zero attached hydrogens (tertiary/aromatic N) is 1. The lowest BCUT2D eigenvalue weighted by molar-refractivity contribution is -0.137. The van der Waals surface area contributed by atoms with Gasteiger partial charge < -0.3 is 15.0 Å². The molecule has 1 fully saturated rings. The van der Waals surface area contributed by atoms with Crippen molar-refractivity contribution in [2.45, 2.75) is 12.5 Å². The van der Waals surface area contributed by atoms with E-state index in [1.54, 1.807) is 29.2 Å². The zero-order valence-electron chi connectivity index (χ0n) is 14.4. The molecule has 1 heterocycles. The van der Waals surface area contributed by atoms with Gasteiger partial charge in [0.15, 0.2) is 0 Å². The molecule has 6 heteroatoms. The van der Waals surface area contributed by atoms with Crippen LogP contribution in [0.2, 0.25) is 5.02 Å². The zero-order chi connectivity index (χ0) is 18.4. The molecule has 0 aliphatic carbocycles. The molecule has 2 aromatic rings. The molecule has 0 aromatic heterocycles. The highest BCUT2D eigenvalue weighted by atomic mass is 35.5. The molecular weight excluding hydrogens is 352 g/mol. The maximum Gasteiger partial charge on any atom is 0.251 e. The van der Waals surface area contributed by atoms with Crippen LogP contribution in [0.25, 0.3) is 0 Å². The quantitative estimate of drug-likeness (QED) is 0.877. The molecule has 0 bridgehead atoms. The van der Waals surface area contributed by atoms with Crippen LogP contribution in [0.4, 0.5) is 0 Å². The number of hydrogen-bond donors (Lipinski definition) is 1.